The fourth-order valence-electron chi connectivity index (χ4n) is 1.77. The molecule has 0 saturated carbocycles. The first kappa shape index (κ1) is 15.2. The first-order valence-electron chi connectivity index (χ1n) is 6.68. The summed E-state index contributed by atoms with van der Waals surface area (Å²) >= 11 is 0. The van der Waals surface area contributed by atoms with E-state index < -0.39 is 0 Å². The summed E-state index contributed by atoms with van der Waals surface area (Å²) in [6, 6.07) is 8.31. The van der Waals surface area contributed by atoms with Gasteiger partial charge in [-0.25, -0.2) is 0 Å². The van der Waals surface area contributed by atoms with Crippen LogP contribution in [0.4, 0.5) is 5.69 Å². The number of ether oxygens (including phenoxy) is 1. The van der Waals surface area contributed by atoms with E-state index in [1.807, 2.05) is 0 Å². The summed E-state index contributed by atoms with van der Waals surface area (Å²) in [5, 5.41) is 3.27. The van der Waals surface area contributed by atoms with Crippen LogP contribution in [-0.4, -0.2) is 25.9 Å². The second-order valence-electron chi connectivity index (χ2n) is 4.36. The molecule has 0 fully saturated rings. The van der Waals surface area contributed by atoms with Gasteiger partial charge in [-0.05, 0) is 43.4 Å². The molecule has 0 amide bonds. The molecule has 0 aromatic heterocycles. The van der Waals surface area contributed by atoms with Crippen molar-refractivity contribution in [3.63, 3.8) is 0 Å². The molecule has 0 spiro atoms. The second-order valence-corrected chi connectivity index (χ2v) is 4.36. The third-order valence-corrected chi connectivity index (χ3v) is 2.83. The zero-order valence-electron chi connectivity index (χ0n) is 11.1. The predicted octanol–water partition coefficient (Wildman–Crippen LogP) is 2.57. The molecule has 1 aromatic carbocycles. The summed E-state index contributed by atoms with van der Waals surface area (Å²) in [6.45, 7) is 1.81. The van der Waals surface area contributed by atoms with E-state index in [0.717, 1.165) is 44.2 Å². The molecule has 1 rings (SSSR count). The zero-order valence-corrected chi connectivity index (χ0v) is 11.1. The van der Waals surface area contributed by atoms with Crippen molar-refractivity contribution in [2.24, 2.45) is 0 Å². The maximum Gasteiger partial charge on any atom is 0.293 e. The van der Waals surface area contributed by atoms with E-state index in [0.29, 0.717) is 19.5 Å². The molecular weight excluding hydrogens is 242 g/mol. The van der Waals surface area contributed by atoms with Crippen LogP contribution in [0.15, 0.2) is 24.3 Å². The van der Waals surface area contributed by atoms with E-state index in [1.165, 1.54) is 5.56 Å². The number of carbonyl (C=O) groups excluding carboxylic acids is 2. The molecule has 0 aliphatic heterocycles. The molecule has 0 radical (unpaired) electrons. The average Bonchev–Trinajstić information content (AvgIpc) is 2.45. The van der Waals surface area contributed by atoms with Crippen LogP contribution in [0.1, 0.15) is 31.2 Å². The molecule has 104 valence electrons. The molecule has 19 heavy (non-hydrogen) atoms. The van der Waals surface area contributed by atoms with Gasteiger partial charge in [0.1, 0.15) is 6.29 Å². The Morgan fingerprint density at radius 3 is 2.53 bits per heavy atom. The van der Waals surface area contributed by atoms with Crippen LogP contribution in [0.5, 0.6) is 0 Å². The number of carbonyl (C=O) groups is 2. The van der Waals surface area contributed by atoms with Crippen LogP contribution in [0, 0.1) is 0 Å². The van der Waals surface area contributed by atoms with Gasteiger partial charge in [0, 0.05) is 18.7 Å². The lowest BCUT2D eigenvalue weighted by atomic mass is 10.1. The number of nitrogens with one attached hydrogen (secondary N) is 1. The van der Waals surface area contributed by atoms with Gasteiger partial charge in [-0.3, -0.25) is 4.79 Å². The molecule has 0 unspecified atom stereocenters. The standard InChI is InChI=1S/C15H21NO3/c17-11-3-2-10-16-15-8-6-14(7-9-15)5-1-4-12-19-13-18/h6-9,11,13,16H,1-5,10,12H2. The van der Waals surface area contributed by atoms with Crippen LogP contribution in [0.25, 0.3) is 0 Å². The maximum absolute atomic E-state index is 10.2. The van der Waals surface area contributed by atoms with Gasteiger partial charge in [-0.1, -0.05) is 12.1 Å². The molecule has 0 aliphatic carbocycles. The molecule has 0 atom stereocenters. The zero-order chi connectivity index (χ0) is 13.8. The number of aldehydes is 1. The monoisotopic (exact) mass is 263 g/mol. The van der Waals surface area contributed by atoms with Crippen LogP contribution in [0.2, 0.25) is 0 Å². The average molecular weight is 263 g/mol. The molecule has 1 N–H and O–H groups in total. The van der Waals surface area contributed by atoms with Crippen molar-refractivity contribution in [3.8, 4) is 0 Å². The summed E-state index contributed by atoms with van der Waals surface area (Å²) in [5.74, 6) is 0. The van der Waals surface area contributed by atoms with Gasteiger partial charge in [0.2, 0.25) is 0 Å². The highest BCUT2D eigenvalue weighted by Crippen LogP contribution is 2.11. The minimum absolute atomic E-state index is 0.491. The number of benzene rings is 1. The molecule has 4 nitrogen and oxygen atoms in total. The van der Waals surface area contributed by atoms with E-state index >= 15 is 0 Å². The van der Waals surface area contributed by atoms with E-state index in [-0.39, 0.29) is 0 Å². The van der Waals surface area contributed by atoms with Crippen molar-refractivity contribution in [2.45, 2.75) is 32.1 Å². The number of aryl methyl sites for hydroxylation is 1. The Morgan fingerprint density at radius 1 is 1.05 bits per heavy atom. The third-order valence-electron chi connectivity index (χ3n) is 2.83. The fourth-order valence-corrected chi connectivity index (χ4v) is 1.77. The van der Waals surface area contributed by atoms with Crippen molar-refractivity contribution in [3.05, 3.63) is 29.8 Å². The van der Waals surface area contributed by atoms with Gasteiger partial charge >= 0.3 is 0 Å². The van der Waals surface area contributed by atoms with Gasteiger partial charge in [0.25, 0.3) is 6.47 Å². The number of anilines is 1. The van der Waals surface area contributed by atoms with E-state index in [9.17, 15) is 9.59 Å². The predicted molar refractivity (Wildman–Crippen MR) is 75.2 cm³/mol. The first-order chi connectivity index (χ1) is 9.36. The Balaban J connectivity index is 2.19. The second kappa shape index (κ2) is 10.1. The molecule has 0 bridgehead atoms. The Kier molecular flexibility index (Phi) is 8.10. The SMILES string of the molecule is O=CCCCNc1ccc(CCCCOC=O)cc1. The number of hydrogen-bond acceptors (Lipinski definition) is 4. The molecular formula is C15H21NO3. The molecule has 4 heteroatoms. The molecule has 0 aliphatic rings. The summed E-state index contributed by atoms with van der Waals surface area (Å²) in [4.78, 5) is 20.1. The highest BCUT2D eigenvalue weighted by molar-refractivity contribution is 5.49. The van der Waals surface area contributed by atoms with Crippen LogP contribution in [0.3, 0.4) is 0 Å². The summed E-state index contributed by atoms with van der Waals surface area (Å²) < 4.78 is 4.64. The first-order valence-corrected chi connectivity index (χ1v) is 6.68. The smallest absolute Gasteiger partial charge is 0.293 e. The van der Waals surface area contributed by atoms with Crippen molar-refractivity contribution in [2.75, 3.05) is 18.5 Å². The van der Waals surface area contributed by atoms with Gasteiger partial charge in [-0.15, -0.1) is 0 Å². The third kappa shape index (κ3) is 7.24. The van der Waals surface area contributed by atoms with Crippen LogP contribution < -0.4 is 5.32 Å². The quantitative estimate of drug-likeness (QED) is 0.492. The molecule has 1 aromatic rings. The van der Waals surface area contributed by atoms with Crippen LogP contribution >= 0.6 is 0 Å². The summed E-state index contributed by atoms with van der Waals surface area (Å²) in [7, 11) is 0. The van der Waals surface area contributed by atoms with E-state index in [2.05, 4.69) is 34.3 Å². The van der Waals surface area contributed by atoms with Crippen LogP contribution in [-0.2, 0) is 20.7 Å². The summed E-state index contributed by atoms with van der Waals surface area (Å²) in [5.41, 5.74) is 2.36. The van der Waals surface area contributed by atoms with Crippen molar-refractivity contribution in [1.82, 2.24) is 0 Å². The number of hydrogen-bond donors (Lipinski definition) is 1. The number of rotatable bonds is 11. The Morgan fingerprint density at radius 2 is 1.84 bits per heavy atom. The number of unbranched alkanes of at least 4 members (excludes halogenated alkanes) is 2. The Bertz CT molecular complexity index is 362. The van der Waals surface area contributed by atoms with Gasteiger partial charge in [0.15, 0.2) is 0 Å². The van der Waals surface area contributed by atoms with Crippen molar-refractivity contribution >= 4 is 18.4 Å². The lowest BCUT2D eigenvalue weighted by Crippen LogP contribution is -2.01. The fraction of sp³-hybridized carbons (Fsp3) is 0.467. The Hall–Kier alpha value is -1.84. The Labute approximate surface area is 114 Å². The normalized spacial score (nSPS) is 9.89. The molecule has 0 saturated heterocycles. The van der Waals surface area contributed by atoms with E-state index in [4.69, 9.17) is 0 Å². The summed E-state index contributed by atoms with van der Waals surface area (Å²) in [6.07, 6.45) is 5.31. The van der Waals surface area contributed by atoms with Crippen molar-refractivity contribution < 1.29 is 14.3 Å². The largest absolute Gasteiger partial charge is 0.468 e. The minimum Gasteiger partial charge on any atom is -0.468 e. The van der Waals surface area contributed by atoms with Gasteiger partial charge in [0.05, 0.1) is 6.61 Å². The van der Waals surface area contributed by atoms with Gasteiger partial charge in [-0.2, -0.15) is 0 Å². The maximum atomic E-state index is 10.2. The minimum atomic E-state index is 0.491. The van der Waals surface area contributed by atoms with Gasteiger partial charge < -0.3 is 14.8 Å². The van der Waals surface area contributed by atoms with Crippen molar-refractivity contribution in [1.29, 1.82) is 0 Å². The topological polar surface area (TPSA) is 55.4 Å². The highest BCUT2D eigenvalue weighted by Gasteiger charge is 1.96. The lowest BCUT2D eigenvalue weighted by molar-refractivity contribution is -0.128. The highest BCUT2D eigenvalue weighted by atomic mass is 16.5. The van der Waals surface area contributed by atoms with E-state index in [1.54, 1.807) is 0 Å². The lowest BCUT2D eigenvalue weighted by Gasteiger charge is -2.06. The molecule has 0 heterocycles.